The van der Waals surface area contributed by atoms with Crippen LogP contribution in [-0.4, -0.2) is 18.6 Å². The van der Waals surface area contributed by atoms with Gasteiger partial charge in [-0.2, -0.15) is 0 Å². The normalized spacial score (nSPS) is 25.1. The Labute approximate surface area is 116 Å². The van der Waals surface area contributed by atoms with Crippen LogP contribution in [0.15, 0.2) is 16.6 Å². The first kappa shape index (κ1) is 13.2. The van der Waals surface area contributed by atoms with Crippen molar-refractivity contribution < 1.29 is 0 Å². The number of benzene rings is 1. The summed E-state index contributed by atoms with van der Waals surface area (Å²) in [6, 6.07) is 4.93. The van der Waals surface area contributed by atoms with Crippen molar-refractivity contribution in [3.8, 4) is 0 Å². The van der Waals surface area contributed by atoms with E-state index in [0.717, 1.165) is 34.4 Å². The highest BCUT2D eigenvalue weighted by atomic mass is 79.9. The number of hydrogen-bond acceptors (Lipinski definition) is 2. The second-order valence-electron chi connectivity index (χ2n) is 4.88. The van der Waals surface area contributed by atoms with Crippen LogP contribution in [-0.2, 0) is 0 Å². The van der Waals surface area contributed by atoms with Gasteiger partial charge in [-0.3, -0.25) is 0 Å². The Morgan fingerprint density at radius 3 is 2.82 bits per heavy atom. The van der Waals surface area contributed by atoms with Gasteiger partial charge in [0.15, 0.2) is 0 Å². The van der Waals surface area contributed by atoms with Gasteiger partial charge in [0.05, 0.1) is 5.69 Å². The summed E-state index contributed by atoms with van der Waals surface area (Å²) in [5, 5.41) is 0.824. The second kappa shape index (κ2) is 5.17. The van der Waals surface area contributed by atoms with Crippen LogP contribution < -0.4 is 10.6 Å². The number of halogens is 2. The highest BCUT2D eigenvalue weighted by Gasteiger charge is 2.25. The first-order chi connectivity index (χ1) is 7.99. The largest absolute Gasteiger partial charge is 0.368 e. The highest BCUT2D eigenvalue weighted by molar-refractivity contribution is 9.10. The SMILES string of the molecule is Cc1cc(Br)c(N2CCC(N)CC2C)cc1Cl. The Bertz CT molecular complexity index is 422. The average Bonchev–Trinajstić information content (AvgIpc) is 2.24. The predicted molar refractivity (Wildman–Crippen MR) is 77.9 cm³/mol. The zero-order valence-corrected chi connectivity index (χ0v) is 12.6. The maximum atomic E-state index is 6.21. The van der Waals surface area contributed by atoms with Crippen molar-refractivity contribution in [1.29, 1.82) is 0 Å². The first-order valence-electron chi connectivity index (χ1n) is 5.97. The minimum absolute atomic E-state index is 0.334. The fourth-order valence-electron chi connectivity index (χ4n) is 2.42. The van der Waals surface area contributed by atoms with Gasteiger partial charge in [-0.1, -0.05) is 11.6 Å². The Hall–Kier alpha value is -0.250. The second-order valence-corrected chi connectivity index (χ2v) is 6.14. The minimum atomic E-state index is 0.334. The van der Waals surface area contributed by atoms with Crippen LogP contribution >= 0.6 is 27.5 Å². The van der Waals surface area contributed by atoms with Crippen molar-refractivity contribution in [3.63, 3.8) is 0 Å². The molecule has 4 heteroatoms. The van der Waals surface area contributed by atoms with Crippen LogP contribution in [0.25, 0.3) is 0 Å². The molecule has 0 amide bonds. The molecule has 0 aromatic heterocycles. The molecule has 1 saturated heterocycles. The van der Waals surface area contributed by atoms with E-state index in [-0.39, 0.29) is 0 Å². The van der Waals surface area contributed by atoms with Gasteiger partial charge in [-0.25, -0.2) is 0 Å². The monoisotopic (exact) mass is 316 g/mol. The number of anilines is 1. The molecule has 1 aromatic rings. The number of nitrogens with zero attached hydrogens (tertiary/aromatic N) is 1. The lowest BCUT2D eigenvalue weighted by Crippen LogP contribution is -2.45. The summed E-state index contributed by atoms with van der Waals surface area (Å²) in [5.74, 6) is 0. The summed E-state index contributed by atoms with van der Waals surface area (Å²) in [4.78, 5) is 2.39. The van der Waals surface area contributed by atoms with E-state index < -0.39 is 0 Å². The standard InChI is InChI=1S/C13H18BrClN2/c1-8-5-11(14)13(7-12(8)15)17-4-3-10(16)6-9(17)2/h5,7,9-10H,3-4,6,16H2,1-2H3. The van der Waals surface area contributed by atoms with E-state index in [1.165, 1.54) is 5.69 Å². The number of hydrogen-bond donors (Lipinski definition) is 1. The lowest BCUT2D eigenvalue weighted by atomic mass is 9.98. The van der Waals surface area contributed by atoms with Gasteiger partial charge in [0.2, 0.25) is 0 Å². The van der Waals surface area contributed by atoms with Crippen molar-refractivity contribution in [2.45, 2.75) is 38.8 Å². The molecule has 94 valence electrons. The number of nitrogens with two attached hydrogens (primary N) is 1. The van der Waals surface area contributed by atoms with E-state index >= 15 is 0 Å². The molecule has 1 aliphatic rings. The maximum absolute atomic E-state index is 6.21. The van der Waals surface area contributed by atoms with Crippen LogP contribution in [0, 0.1) is 6.92 Å². The number of rotatable bonds is 1. The first-order valence-corrected chi connectivity index (χ1v) is 7.14. The summed E-state index contributed by atoms with van der Waals surface area (Å²) in [5.41, 5.74) is 8.27. The van der Waals surface area contributed by atoms with E-state index in [9.17, 15) is 0 Å². The van der Waals surface area contributed by atoms with Gasteiger partial charge < -0.3 is 10.6 Å². The van der Waals surface area contributed by atoms with E-state index in [0.29, 0.717) is 12.1 Å². The number of aryl methyl sites for hydroxylation is 1. The zero-order chi connectivity index (χ0) is 12.6. The lowest BCUT2D eigenvalue weighted by molar-refractivity contribution is 0.429. The van der Waals surface area contributed by atoms with Gasteiger partial charge in [-0.15, -0.1) is 0 Å². The molecule has 0 aliphatic carbocycles. The van der Waals surface area contributed by atoms with Crippen LogP contribution in [0.5, 0.6) is 0 Å². The molecule has 0 bridgehead atoms. The average molecular weight is 318 g/mol. The van der Waals surface area contributed by atoms with Gasteiger partial charge >= 0.3 is 0 Å². The van der Waals surface area contributed by atoms with Crippen molar-refractivity contribution in [2.24, 2.45) is 5.73 Å². The molecule has 0 spiro atoms. The van der Waals surface area contributed by atoms with E-state index in [1.807, 2.05) is 13.0 Å². The molecule has 2 unspecified atom stereocenters. The molecule has 17 heavy (non-hydrogen) atoms. The van der Waals surface area contributed by atoms with Gasteiger partial charge in [0, 0.05) is 28.1 Å². The van der Waals surface area contributed by atoms with E-state index in [2.05, 4.69) is 33.8 Å². The quantitative estimate of drug-likeness (QED) is 0.855. The summed E-state index contributed by atoms with van der Waals surface area (Å²) >= 11 is 9.84. The third-order valence-corrected chi connectivity index (χ3v) is 4.50. The van der Waals surface area contributed by atoms with Crippen LogP contribution in [0.1, 0.15) is 25.3 Å². The fraction of sp³-hybridized carbons (Fsp3) is 0.538. The molecule has 1 heterocycles. The Kier molecular flexibility index (Phi) is 4.01. The predicted octanol–water partition coefficient (Wildman–Crippen LogP) is 3.73. The molecular weight excluding hydrogens is 300 g/mol. The highest BCUT2D eigenvalue weighted by Crippen LogP contribution is 2.35. The van der Waals surface area contributed by atoms with E-state index in [1.54, 1.807) is 0 Å². The number of piperidine rings is 1. The molecule has 0 radical (unpaired) electrons. The molecule has 1 fully saturated rings. The summed E-state index contributed by atoms with van der Waals surface area (Å²) in [6.07, 6.45) is 2.08. The lowest BCUT2D eigenvalue weighted by Gasteiger charge is -2.38. The van der Waals surface area contributed by atoms with Crippen LogP contribution in [0.3, 0.4) is 0 Å². The van der Waals surface area contributed by atoms with Crippen LogP contribution in [0.2, 0.25) is 5.02 Å². The zero-order valence-electron chi connectivity index (χ0n) is 10.2. The van der Waals surface area contributed by atoms with Crippen molar-refractivity contribution in [2.75, 3.05) is 11.4 Å². The van der Waals surface area contributed by atoms with Gasteiger partial charge in [-0.05, 0) is 60.3 Å². The van der Waals surface area contributed by atoms with E-state index in [4.69, 9.17) is 17.3 Å². The Morgan fingerprint density at radius 2 is 2.18 bits per heavy atom. The molecule has 2 nitrogen and oxygen atoms in total. The minimum Gasteiger partial charge on any atom is -0.368 e. The molecule has 1 aliphatic heterocycles. The third kappa shape index (κ3) is 2.78. The molecule has 2 atom stereocenters. The Balaban J connectivity index is 2.31. The molecule has 1 aromatic carbocycles. The molecule has 0 saturated carbocycles. The maximum Gasteiger partial charge on any atom is 0.0528 e. The smallest absolute Gasteiger partial charge is 0.0528 e. The van der Waals surface area contributed by atoms with Crippen molar-refractivity contribution in [1.82, 2.24) is 0 Å². The van der Waals surface area contributed by atoms with Crippen molar-refractivity contribution >= 4 is 33.2 Å². The molecule has 2 N–H and O–H groups in total. The fourth-order valence-corrected chi connectivity index (χ4v) is 3.27. The summed E-state index contributed by atoms with van der Waals surface area (Å²) in [7, 11) is 0. The summed E-state index contributed by atoms with van der Waals surface area (Å²) < 4.78 is 1.11. The van der Waals surface area contributed by atoms with Gasteiger partial charge in [0.1, 0.15) is 0 Å². The molecular formula is C13H18BrClN2. The van der Waals surface area contributed by atoms with Crippen LogP contribution in [0.4, 0.5) is 5.69 Å². The molecule has 2 rings (SSSR count). The summed E-state index contributed by atoms with van der Waals surface area (Å²) in [6.45, 7) is 5.24. The van der Waals surface area contributed by atoms with Crippen molar-refractivity contribution in [3.05, 3.63) is 27.2 Å². The van der Waals surface area contributed by atoms with Gasteiger partial charge in [0.25, 0.3) is 0 Å². The topological polar surface area (TPSA) is 29.3 Å². The Morgan fingerprint density at radius 1 is 1.47 bits per heavy atom. The third-order valence-electron chi connectivity index (χ3n) is 3.45.